The normalized spacial score (nSPS) is 25.9. The Morgan fingerprint density at radius 3 is 2.09 bits per heavy atom. The van der Waals surface area contributed by atoms with Gasteiger partial charge in [0, 0.05) is 37.5 Å². The average molecular weight is 786 g/mol. The van der Waals surface area contributed by atoms with Crippen LogP contribution in [0.3, 0.4) is 0 Å². The molecule has 7 rings (SSSR count). The van der Waals surface area contributed by atoms with Crippen LogP contribution in [-0.2, 0) is 24.1 Å². The summed E-state index contributed by atoms with van der Waals surface area (Å²) in [5.41, 5.74) is 1.37. The summed E-state index contributed by atoms with van der Waals surface area (Å²) >= 11 is 0. The first kappa shape index (κ1) is 39.8. The summed E-state index contributed by atoms with van der Waals surface area (Å²) in [5, 5.41) is 9.41. The number of ether oxygens (including phenoxy) is 4. The average Bonchev–Trinajstić information content (AvgIpc) is 3.47. The highest BCUT2D eigenvalue weighted by atomic mass is 31.2. The molecule has 0 radical (unpaired) electrons. The first-order valence-electron chi connectivity index (χ1n) is 18.9. The highest BCUT2D eigenvalue weighted by Crippen LogP contribution is 2.76. The molecule has 2 saturated carbocycles. The molecule has 56 heavy (non-hydrogen) atoms. The molecule has 296 valence electrons. The first-order chi connectivity index (χ1) is 26.8. The number of methoxy groups -OCH3 is 2. The van der Waals surface area contributed by atoms with Gasteiger partial charge in [0.2, 0.25) is 0 Å². The van der Waals surface area contributed by atoms with Crippen molar-refractivity contribution < 1.29 is 32.4 Å². The van der Waals surface area contributed by atoms with Gasteiger partial charge in [0.1, 0.15) is 52.1 Å². The van der Waals surface area contributed by atoms with E-state index in [0.717, 1.165) is 16.7 Å². The first-order valence-corrected chi connectivity index (χ1v) is 20.0. The predicted molar refractivity (Wildman–Crippen MR) is 210 cm³/mol. The molecule has 2 heterocycles. The zero-order chi connectivity index (χ0) is 39.9. The largest absolute Gasteiger partial charge is 0.497 e. The second-order valence-corrected chi connectivity index (χ2v) is 16.6. The van der Waals surface area contributed by atoms with E-state index in [0.29, 0.717) is 11.5 Å². The number of alkyl halides is 1. The van der Waals surface area contributed by atoms with Crippen molar-refractivity contribution in [3.05, 3.63) is 118 Å². The fourth-order valence-corrected chi connectivity index (χ4v) is 10.5. The van der Waals surface area contributed by atoms with Gasteiger partial charge in [-0.1, -0.05) is 54.6 Å². The van der Waals surface area contributed by atoms with Crippen LogP contribution in [0.5, 0.6) is 11.5 Å². The zero-order valence-electron chi connectivity index (χ0n) is 32.6. The molecule has 0 bridgehead atoms. The van der Waals surface area contributed by atoms with Gasteiger partial charge in [-0.15, -0.1) is 0 Å². The molecular weight excluding hydrogens is 736 g/mol. The Bertz CT molecular complexity index is 2040. The van der Waals surface area contributed by atoms with Crippen LogP contribution in [0.25, 0.3) is 0 Å². The van der Waals surface area contributed by atoms with E-state index in [1.165, 1.54) is 16.8 Å². The van der Waals surface area contributed by atoms with Gasteiger partial charge >= 0.3 is 5.69 Å². The summed E-state index contributed by atoms with van der Waals surface area (Å²) in [6, 6.07) is 28.5. The maximum atomic E-state index is 18.0. The van der Waals surface area contributed by atoms with E-state index >= 15 is 4.39 Å². The van der Waals surface area contributed by atoms with E-state index in [2.05, 4.69) is 15.7 Å². The Morgan fingerprint density at radius 2 is 1.55 bits per heavy atom. The molecule has 3 fully saturated rings. The molecule has 1 saturated heterocycles. The quantitative estimate of drug-likeness (QED) is 0.0689. The Hall–Kier alpha value is -4.41. The van der Waals surface area contributed by atoms with Crippen LogP contribution in [0.15, 0.2) is 95.9 Å². The van der Waals surface area contributed by atoms with Crippen molar-refractivity contribution in [2.24, 2.45) is 0 Å². The van der Waals surface area contributed by atoms with Crippen molar-refractivity contribution in [2.45, 2.75) is 100 Å². The van der Waals surface area contributed by atoms with E-state index in [1.54, 1.807) is 14.2 Å². The molecule has 0 amide bonds. The van der Waals surface area contributed by atoms with Crippen molar-refractivity contribution in [1.29, 1.82) is 5.26 Å². The third-order valence-electron chi connectivity index (χ3n) is 11.1. The van der Waals surface area contributed by atoms with Gasteiger partial charge in [0.15, 0.2) is 0 Å². The van der Waals surface area contributed by atoms with Gasteiger partial charge in [-0.25, -0.2) is 13.9 Å². The molecule has 3 aromatic carbocycles. The van der Waals surface area contributed by atoms with Gasteiger partial charge in [0.25, 0.3) is 8.53 Å². The molecule has 6 atom stereocenters. The fourth-order valence-electron chi connectivity index (χ4n) is 8.64. The summed E-state index contributed by atoms with van der Waals surface area (Å²) in [7, 11) is 1.35. The van der Waals surface area contributed by atoms with Gasteiger partial charge in [0.05, 0.1) is 33.3 Å². The van der Waals surface area contributed by atoms with Crippen molar-refractivity contribution >= 4 is 14.3 Å². The molecule has 1 aromatic heterocycles. The van der Waals surface area contributed by atoms with Gasteiger partial charge in [-0.05, 0) is 74.7 Å². The summed E-state index contributed by atoms with van der Waals surface area (Å²) in [6.07, 6.45) is -0.174. The van der Waals surface area contributed by atoms with Crippen LogP contribution in [0.1, 0.15) is 76.3 Å². The number of aromatic nitrogens is 2. The second kappa shape index (κ2) is 15.5. The van der Waals surface area contributed by atoms with Gasteiger partial charge < -0.3 is 33.7 Å². The lowest BCUT2D eigenvalue weighted by atomic mass is 9.79. The van der Waals surface area contributed by atoms with E-state index < -0.39 is 49.0 Å². The predicted octanol–water partition coefficient (Wildman–Crippen LogP) is 7.42. The molecule has 1 aliphatic heterocycles. The van der Waals surface area contributed by atoms with Crippen LogP contribution >= 0.6 is 8.53 Å². The van der Waals surface area contributed by atoms with Crippen molar-refractivity contribution in [2.75, 3.05) is 26.6 Å². The summed E-state index contributed by atoms with van der Waals surface area (Å²) in [4.78, 5) is 17.3. The lowest BCUT2D eigenvalue weighted by Crippen LogP contribution is -2.50. The molecule has 4 aromatic rings. The summed E-state index contributed by atoms with van der Waals surface area (Å²) in [5.74, 6) is 1.38. The van der Waals surface area contributed by atoms with Crippen LogP contribution in [0.4, 0.5) is 10.2 Å². The third kappa shape index (κ3) is 6.87. The smallest absolute Gasteiger partial charge is 0.351 e. The zero-order valence-corrected chi connectivity index (χ0v) is 33.4. The molecule has 0 spiro atoms. The molecule has 14 heteroatoms. The Morgan fingerprint density at radius 1 is 0.964 bits per heavy atom. The number of halogens is 1. The minimum Gasteiger partial charge on any atom is -0.497 e. The lowest BCUT2D eigenvalue weighted by Gasteiger charge is -2.43. The van der Waals surface area contributed by atoms with E-state index in [-0.39, 0.29) is 50.2 Å². The molecule has 1 unspecified atom stereocenters. The maximum absolute atomic E-state index is 18.0. The minimum atomic E-state index is -1.89. The van der Waals surface area contributed by atoms with Gasteiger partial charge in [-0.3, -0.25) is 4.57 Å². The summed E-state index contributed by atoms with van der Waals surface area (Å²) in [6.45, 7) is 8.29. The van der Waals surface area contributed by atoms with Crippen molar-refractivity contribution in [3.8, 4) is 17.6 Å². The third-order valence-corrected chi connectivity index (χ3v) is 13.3. The Balaban J connectivity index is 1.41. The number of nitriles is 1. The standard InChI is InChI=1S/C42H49FN5O7P/c1-28(2)48(29(3)4)56(52-24-10-22-44)55-39-25-36(47-23-21-35(45)46-38(47)49)53-37(39)41(27-40(41,43)26-39)54-42(30-11-8-7-9-12-30,31-13-17-33(50-5)18-14-31)32-15-19-34(51-6)20-16-32/h7-9,11-21,23,28-29,36-37H,10,24-27H2,1-6H3,(H2,45,46,49)/t36-,37+,39-,40+,41+,56?/m1/s1. The van der Waals surface area contributed by atoms with Gasteiger partial charge in [-0.2, -0.15) is 10.2 Å². The molecule has 12 nitrogen and oxygen atoms in total. The van der Waals surface area contributed by atoms with Crippen LogP contribution in [0, 0.1) is 11.3 Å². The Labute approximate surface area is 328 Å². The number of nitrogen functional groups attached to an aromatic ring is 1. The highest BCUT2D eigenvalue weighted by molar-refractivity contribution is 7.44. The number of hydrogen-bond acceptors (Lipinski definition) is 11. The minimum absolute atomic E-state index is 0.0172. The van der Waals surface area contributed by atoms with E-state index in [1.807, 2.05) is 107 Å². The SMILES string of the molecule is COc1ccc(C(O[C@]23C[C@@]2(F)C[C@]2(OP(OCCC#N)N(C(C)C)C(C)C)C[C@H](n4ccc(N)nc4=O)O[C@@H]23)(c2ccccc2)c2ccc(OC)cc2)cc1. The second-order valence-electron chi connectivity index (χ2n) is 15.2. The molecule has 2 N–H and O–H groups in total. The molecule has 2 aliphatic carbocycles. The Kier molecular flexibility index (Phi) is 11.0. The van der Waals surface area contributed by atoms with Crippen molar-refractivity contribution in [3.63, 3.8) is 0 Å². The molecular formula is C42H49FN5O7P. The van der Waals surface area contributed by atoms with Crippen LogP contribution < -0.4 is 20.9 Å². The van der Waals surface area contributed by atoms with E-state index in [9.17, 15) is 10.1 Å². The van der Waals surface area contributed by atoms with Crippen molar-refractivity contribution in [1.82, 2.24) is 14.2 Å². The monoisotopic (exact) mass is 785 g/mol. The number of fused-ring (bicyclic) bond motifs is 3. The van der Waals surface area contributed by atoms with Crippen LogP contribution in [-0.4, -0.2) is 70.1 Å². The number of nitrogens with two attached hydrogens (primary N) is 1. The fraction of sp³-hybridized carbons (Fsp3) is 0.452. The number of benzene rings is 3. The number of rotatable bonds is 16. The van der Waals surface area contributed by atoms with Crippen LogP contribution in [0.2, 0.25) is 0 Å². The highest BCUT2D eigenvalue weighted by Gasteiger charge is 2.88. The van der Waals surface area contributed by atoms with E-state index in [4.69, 9.17) is 33.7 Å². The summed E-state index contributed by atoms with van der Waals surface area (Å²) < 4.78 is 60.7. The number of nitrogens with zero attached hydrogens (tertiary/aromatic N) is 4. The topological polar surface area (TPSA) is 143 Å². The maximum Gasteiger partial charge on any atom is 0.351 e. The number of anilines is 1. The number of hydrogen-bond donors (Lipinski definition) is 1. The molecule has 3 aliphatic rings. The lowest BCUT2D eigenvalue weighted by molar-refractivity contribution is -0.166.